The van der Waals surface area contributed by atoms with Gasteiger partial charge >= 0.3 is 0 Å². The SMILES string of the molecule is COc1ccnc2c1ccn2Cc1ccccc1. The van der Waals surface area contributed by atoms with Gasteiger partial charge in [0.25, 0.3) is 0 Å². The average Bonchev–Trinajstić information content (AvgIpc) is 2.83. The molecule has 0 saturated heterocycles. The monoisotopic (exact) mass is 238 g/mol. The molecule has 3 aromatic rings. The summed E-state index contributed by atoms with van der Waals surface area (Å²) in [4.78, 5) is 4.43. The molecule has 0 aliphatic rings. The van der Waals surface area contributed by atoms with E-state index in [9.17, 15) is 0 Å². The van der Waals surface area contributed by atoms with Gasteiger partial charge in [0, 0.05) is 18.9 Å². The number of rotatable bonds is 3. The lowest BCUT2D eigenvalue weighted by molar-refractivity contribution is 0.419. The minimum absolute atomic E-state index is 0.824. The number of hydrogen-bond donors (Lipinski definition) is 0. The molecule has 0 saturated carbocycles. The molecule has 3 rings (SSSR count). The van der Waals surface area contributed by atoms with Crippen molar-refractivity contribution in [3.8, 4) is 5.75 Å². The van der Waals surface area contributed by atoms with Gasteiger partial charge in [-0.2, -0.15) is 0 Å². The third kappa shape index (κ3) is 1.84. The maximum Gasteiger partial charge on any atom is 0.143 e. The number of ether oxygens (including phenoxy) is 1. The van der Waals surface area contributed by atoms with E-state index >= 15 is 0 Å². The molecule has 0 aliphatic heterocycles. The van der Waals surface area contributed by atoms with Gasteiger partial charge in [-0.25, -0.2) is 4.98 Å². The fraction of sp³-hybridized carbons (Fsp3) is 0.133. The van der Waals surface area contributed by atoms with Crippen LogP contribution in [0.15, 0.2) is 54.9 Å². The second-order valence-corrected chi connectivity index (χ2v) is 4.18. The molecule has 0 unspecified atom stereocenters. The molecule has 0 bridgehead atoms. The fourth-order valence-electron chi connectivity index (χ4n) is 2.15. The van der Waals surface area contributed by atoms with Crippen LogP contribution in [-0.4, -0.2) is 16.7 Å². The molecule has 0 N–H and O–H groups in total. The summed E-state index contributed by atoms with van der Waals surface area (Å²) < 4.78 is 7.47. The van der Waals surface area contributed by atoms with Gasteiger partial charge in [-0.1, -0.05) is 30.3 Å². The van der Waals surface area contributed by atoms with Crippen molar-refractivity contribution in [3.05, 3.63) is 60.4 Å². The van der Waals surface area contributed by atoms with E-state index in [4.69, 9.17) is 4.74 Å². The Balaban J connectivity index is 2.03. The zero-order valence-electron chi connectivity index (χ0n) is 10.2. The van der Waals surface area contributed by atoms with Gasteiger partial charge < -0.3 is 9.30 Å². The van der Waals surface area contributed by atoms with Crippen LogP contribution in [0.2, 0.25) is 0 Å². The van der Waals surface area contributed by atoms with Crippen molar-refractivity contribution in [3.63, 3.8) is 0 Å². The normalized spacial score (nSPS) is 10.7. The van der Waals surface area contributed by atoms with Crippen LogP contribution in [0.3, 0.4) is 0 Å². The van der Waals surface area contributed by atoms with E-state index in [1.54, 1.807) is 13.3 Å². The molecule has 90 valence electrons. The lowest BCUT2D eigenvalue weighted by Crippen LogP contribution is -1.99. The highest BCUT2D eigenvalue weighted by Crippen LogP contribution is 2.24. The largest absolute Gasteiger partial charge is 0.496 e. The Bertz CT molecular complexity index is 659. The number of benzene rings is 1. The van der Waals surface area contributed by atoms with Crippen LogP contribution >= 0.6 is 0 Å². The van der Waals surface area contributed by atoms with Crippen molar-refractivity contribution in [1.29, 1.82) is 0 Å². The van der Waals surface area contributed by atoms with E-state index in [0.29, 0.717) is 0 Å². The first-order valence-corrected chi connectivity index (χ1v) is 5.90. The highest BCUT2D eigenvalue weighted by molar-refractivity contribution is 5.83. The molecule has 0 aliphatic carbocycles. The minimum Gasteiger partial charge on any atom is -0.496 e. The molecular weight excluding hydrogens is 224 g/mol. The Labute approximate surface area is 106 Å². The number of methoxy groups -OCH3 is 1. The highest BCUT2D eigenvalue weighted by Gasteiger charge is 2.07. The molecule has 2 heterocycles. The Kier molecular flexibility index (Phi) is 2.73. The average molecular weight is 238 g/mol. The lowest BCUT2D eigenvalue weighted by Gasteiger charge is -2.06. The van der Waals surface area contributed by atoms with Crippen molar-refractivity contribution in [2.24, 2.45) is 0 Å². The molecule has 0 radical (unpaired) electrons. The van der Waals surface area contributed by atoms with E-state index < -0.39 is 0 Å². The molecule has 0 amide bonds. The van der Waals surface area contributed by atoms with Crippen LogP contribution in [0.25, 0.3) is 11.0 Å². The van der Waals surface area contributed by atoms with Crippen molar-refractivity contribution < 1.29 is 4.74 Å². The quantitative estimate of drug-likeness (QED) is 0.701. The van der Waals surface area contributed by atoms with Crippen LogP contribution in [0.5, 0.6) is 5.75 Å². The number of aromatic nitrogens is 2. The van der Waals surface area contributed by atoms with Crippen LogP contribution in [-0.2, 0) is 6.54 Å². The summed E-state index contributed by atoms with van der Waals surface area (Å²) >= 11 is 0. The van der Waals surface area contributed by atoms with Crippen LogP contribution in [0, 0.1) is 0 Å². The zero-order valence-corrected chi connectivity index (χ0v) is 10.2. The standard InChI is InChI=1S/C15H14N2O/c1-18-14-7-9-16-15-13(14)8-10-17(15)11-12-5-3-2-4-6-12/h2-10H,11H2,1H3. The zero-order chi connectivity index (χ0) is 12.4. The number of nitrogens with zero attached hydrogens (tertiary/aromatic N) is 2. The number of fused-ring (bicyclic) bond motifs is 1. The summed E-state index contributed by atoms with van der Waals surface area (Å²) in [6.07, 6.45) is 3.83. The maximum atomic E-state index is 5.34. The van der Waals surface area contributed by atoms with Crippen LogP contribution in [0.4, 0.5) is 0 Å². The summed E-state index contributed by atoms with van der Waals surface area (Å²) in [5, 5.41) is 1.05. The number of pyridine rings is 1. The summed E-state index contributed by atoms with van der Waals surface area (Å²) in [6, 6.07) is 14.3. The van der Waals surface area contributed by atoms with Gasteiger partial charge in [-0.15, -0.1) is 0 Å². The van der Waals surface area contributed by atoms with E-state index in [1.807, 2.05) is 24.4 Å². The second kappa shape index (κ2) is 4.53. The van der Waals surface area contributed by atoms with Crippen molar-refractivity contribution in [2.45, 2.75) is 6.54 Å². The first-order chi connectivity index (χ1) is 8.88. The van der Waals surface area contributed by atoms with E-state index in [0.717, 1.165) is 23.3 Å². The smallest absolute Gasteiger partial charge is 0.143 e. The van der Waals surface area contributed by atoms with Crippen molar-refractivity contribution >= 4 is 11.0 Å². The first-order valence-electron chi connectivity index (χ1n) is 5.90. The Morgan fingerprint density at radius 1 is 1.11 bits per heavy atom. The second-order valence-electron chi connectivity index (χ2n) is 4.18. The Morgan fingerprint density at radius 3 is 2.72 bits per heavy atom. The van der Waals surface area contributed by atoms with E-state index in [2.05, 4.69) is 33.8 Å². The summed E-state index contributed by atoms with van der Waals surface area (Å²) in [5.74, 6) is 0.867. The van der Waals surface area contributed by atoms with Gasteiger partial charge in [0.1, 0.15) is 11.4 Å². The maximum absolute atomic E-state index is 5.34. The molecule has 0 atom stereocenters. The molecule has 2 aromatic heterocycles. The Morgan fingerprint density at radius 2 is 1.94 bits per heavy atom. The highest BCUT2D eigenvalue weighted by atomic mass is 16.5. The van der Waals surface area contributed by atoms with Crippen molar-refractivity contribution in [1.82, 2.24) is 9.55 Å². The molecule has 1 aromatic carbocycles. The van der Waals surface area contributed by atoms with Crippen LogP contribution in [0.1, 0.15) is 5.56 Å². The van der Waals surface area contributed by atoms with Crippen molar-refractivity contribution in [2.75, 3.05) is 7.11 Å². The molecule has 3 nitrogen and oxygen atoms in total. The van der Waals surface area contributed by atoms with Gasteiger partial charge in [0.15, 0.2) is 0 Å². The Hall–Kier alpha value is -2.29. The van der Waals surface area contributed by atoms with Gasteiger partial charge in [-0.3, -0.25) is 0 Å². The van der Waals surface area contributed by atoms with E-state index in [1.165, 1.54) is 5.56 Å². The topological polar surface area (TPSA) is 27.1 Å². The molecule has 0 fully saturated rings. The van der Waals surface area contributed by atoms with Gasteiger partial charge in [-0.05, 0) is 17.7 Å². The predicted octanol–water partition coefficient (Wildman–Crippen LogP) is 3.09. The van der Waals surface area contributed by atoms with E-state index in [-0.39, 0.29) is 0 Å². The third-order valence-corrected chi connectivity index (χ3v) is 3.04. The first kappa shape index (κ1) is 10.8. The number of hydrogen-bond acceptors (Lipinski definition) is 2. The molecular formula is C15H14N2O. The van der Waals surface area contributed by atoms with Gasteiger partial charge in [0.05, 0.1) is 12.5 Å². The van der Waals surface area contributed by atoms with Crippen LogP contribution < -0.4 is 4.74 Å². The molecule has 3 heteroatoms. The molecule has 0 spiro atoms. The fourth-order valence-corrected chi connectivity index (χ4v) is 2.15. The summed E-state index contributed by atoms with van der Waals surface area (Å²) in [5.41, 5.74) is 2.22. The minimum atomic E-state index is 0.824. The van der Waals surface area contributed by atoms with Gasteiger partial charge in [0.2, 0.25) is 0 Å². The summed E-state index contributed by atoms with van der Waals surface area (Å²) in [6.45, 7) is 0.824. The summed E-state index contributed by atoms with van der Waals surface area (Å²) in [7, 11) is 1.68. The molecule has 18 heavy (non-hydrogen) atoms. The predicted molar refractivity (Wildman–Crippen MR) is 71.8 cm³/mol. The lowest BCUT2D eigenvalue weighted by atomic mass is 10.2. The third-order valence-electron chi connectivity index (χ3n) is 3.04.